The summed E-state index contributed by atoms with van der Waals surface area (Å²) in [5, 5.41) is 0. The Labute approximate surface area is 169 Å². The molecule has 0 aliphatic heterocycles. The van der Waals surface area contributed by atoms with E-state index < -0.39 is 16.3 Å². The largest absolute Gasteiger partial charge is 0.620 e. The molecule has 2 aliphatic carbocycles. The minimum atomic E-state index is -4.77. The topological polar surface area (TPSA) is 120 Å². The summed E-state index contributed by atoms with van der Waals surface area (Å²) in [6.45, 7) is 11.0. The van der Waals surface area contributed by atoms with Crippen LogP contribution in [-0.2, 0) is 8.83 Å². The van der Waals surface area contributed by atoms with E-state index >= 15 is 0 Å². The van der Waals surface area contributed by atoms with E-state index in [1.54, 1.807) is 6.08 Å². The van der Waals surface area contributed by atoms with E-state index in [2.05, 4.69) is 24.7 Å². The number of fused-ring (bicyclic) bond motifs is 1. The molecule has 0 saturated heterocycles. The summed E-state index contributed by atoms with van der Waals surface area (Å²) in [5.74, 6) is 1.98. The lowest BCUT2D eigenvalue weighted by atomic mass is 9.54. The Hall–Kier alpha value is 0.0600. The van der Waals surface area contributed by atoms with Crippen molar-refractivity contribution in [2.24, 2.45) is 23.2 Å². The quantitative estimate of drug-likeness (QED) is 0.280. The lowest BCUT2D eigenvalue weighted by Gasteiger charge is -2.51. The minimum absolute atomic E-state index is 0.155. The molecule has 0 spiro atoms. The van der Waals surface area contributed by atoms with E-state index in [0.717, 1.165) is 30.8 Å². The summed E-state index contributed by atoms with van der Waals surface area (Å²) in [7, 11) is -9.24. The van der Waals surface area contributed by atoms with Crippen LogP contribution in [0.3, 0.4) is 0 Å². The van der Waals surface area contributed by atoms with Gasteiger partial charge in [-0.25, -0.2) is 0 Å². The van der Waals surface area contributed by atoms with Gasteiger partial charge in [0.25, 0.3) is 0 Å². The molecule has 2 rings (SSSR count). The third-order valence-electron chi connectivity index (χ3n) is 6.44. The van der Waals surface area contributed by atoms with Gasteiger partial charge in [0.15, 0.2) is 0 Å². The maximum Gasteiger partial charge on any atom is 0.620 e. The highest BCUT2D eigenvalue weighted by Crippen LogP contribution is 2.67. The molecule has 0 bridgehead atoms. The van der Waals surface area contributed by atoms with Gasteiger partial charge in [0, 0.05) is 0 Å². The van der Waals surface area contributed by atoms with Crippen LogP contribution in [0.5, 0.6) is 0 Å². The first-order chi connectivity index (χ1) is 12.8. The molecule has 2 saturated carbocycles. The summed E-state index contributed by atoms with van der Waals surface area (Å²) in [4.78, 5) is 45.1. The molecule has 3 atom stereocenters. The third kappa shape index (κ3) is 7.09. The minimum Gasteiger partial charge on any atom is -0.165 e. The fraction of sp³-hybridized carbons (Fsp3) is 0.789. The molecule has 0 amide bonds. The molecule has 162 valence electrons. The summed E-state index contributed by atoms with van der Waals surface area (Å²) in [6.07, 6.45) is 9.81. The molecule has 1 unspecified atom stereocenters. The molecular weight excluding hydrogens is 402 g/mol. The van der Waals surface area contributed by atoms with Crippen molar-refractivity contribution in [1.29, 1.82) is 0 Å². The Balaban J connectivity index is 1.87. The summed E-state index contributed by atoms with van der Waals surface area (Å²) >= 11 is 0. The maximum atomic E-state index is 9.44. The number of hydrogen-bond donors (Lipinski definition) is 5. The molecule has 2 fully saturated rings. The molecule has 0 aromatic heterocycles. The van der Waals surface area contributed by atoms with Gasteiger partial charge in [-0.2, -0.15) is 24.5 Å². The molecule has 0 aromatic rings. The van der Waals surface area contributed by atoms with E-state index in [1.807, 2.05) is 6.92 Å². The predicted molar refractivity (Wildman–Crippen MR) is 111 cm³/mol. The fourth-order valence-electron chi connectivity index (χ4n) is 5.02. The fourth-order valence-corrected chi connectivity index (χ4v) is 6.62. The second-order valence-corrected chi connectivity index (χ2v) is 11.8. The number of rotatable bonds is 8. The summed E-state index contributed by atoms with van der Waals surface area (Å²) in [6, 6.07) is 0. The van der Waals surface area contributed by atoms with Gasteiger partial charge in [-0.3, -0.25) is 0 Å². The van der Waals surface area contributed by atoms with Crippen LogP contribution in [0.2, 0.25) is 0 Å². The molecule has 9 heteroatoms. The van der Waals surface area contributed by atoms with Crippen LogP contribution in [0.25, 0.3) is 0 Å². The zero-order valence-corrected chi connectivity index (χ0v) is 18.9. The molecule has 0 heterocycles. The lowest BCUT2D eigenvalue weighted by molar-refractivity contribution is 0.0228. The van der Waals surface area contributed by atoms with Crippen LogP contribution in [0.1, 0.15) is 65.7 Å². The van der Waals surface area contributed by atoms with Crippen molar-refractivity contribution < 1.29 is 33.3 Å². The van der Waals surface area contributed by atoms with Crippen LogP contribution in [0.15, 0.2) is 23.8 Å². The Kier molecular flexibility index (Phi) is 8.23. The molecule has 2 aliphatic rings. The highest BCUT2D eigenvalue weighted by Gasteiger charge is 2.57. The van der Waals surface area contributed by atoms with Gasteiger partial charge in [-0.1, -0.05) is 44.1 Å². The van der Waals surface area contributed by atoms with Gasteiger partial charge in [-0.05, 0) is 68.6 Å². The maximum absolute atomic E-state index is 9.44. The molecule has 28 heavy (non-hydrogen) atoms. The first-order valence-corrected chi connectivity index (χ1v) is 13.0. The molecular formula is C19H36O7P2+2. The predicted octanol–water partition coefficient (Wildman–Crippen LogP) is 4.47. The average Bonchev–Trinajstić information content (AvgIpc) is 2.50. The van der Waals surface area contributed by atoms with Crippen molar-refractivity contribution in [2.45, 2.75) is 65.7 Å². The molecule has 0 radical (unpaired) electrons. The highest BCUT2D eigenvalue weighted by molar-refractivity contribution is 7.67. The smallest absolute Gasteiger partial charge is 0.165 e. The van der Waals surface area contributed by atoms with Gasteiger partial charge in [0.05, 0.1) is 4.31 Å². The van der Waals surface area contributed by atoms with E-state index in [9.17, 15) is 9.79 Å². The van der Waals surface area contributed by atoms with Crippen molar-refractivity contribution in [2.75, 3.05) is 6.61 Å². The van der Waals surface area contributed by atoms with Gasteiger partial charge in [-0.15, -0.1) is 4.52 Å². The van der Waals surface area contributed by atoms with Gasteiger partial charge in [0.1, 0.15) is 6.61 Å². The van der Waals surface area contributed by atoms with Crippen molar-refractivity contribution in [1.82, 2.24) is 0 Å². The Morgan fingerprint density at radius 2 is 1.89 bits per heavy atom. The first-order valence-electron chi connectivity index (χ1n) is 9.92. The zero-order chi connectivity index (χ0) is 21.2. The highest BCUT2D eigenvalue weighted by atomic mass is 31.3. The van der Waals surface area contributed by atoms with Gasteiger partial charge in [0.2, 0.25) is 0 Å². The second kappa shape index (κ2) is 9.47. The monoisotopic (exact) mass is 438 g/mol. The van der Waals surface area contributed by atoms with Crippen LogP contribution >= 0.6 is 16.3 Å². The third-order valence-corrected chi connectivity index (χ3v) is 8.65. The summed E-state index contributed by atoms with van der Waals surface area (Å²) < 4.78 is 8.75. The van der Waals surface area contributed by atoms with Crippen LogP contribution < -0.4 is 0 Å². The first kappa shape index (κ1) is 24.3. The molecule has 0 aromatic carbocycles. The lowest BCUT2D eigenvalue weighted by Crippen LogP contribution is -2.41. The SMILES string of the molecule is C=C1CC[C@H]2C(CCCC2(C)C)[C@@H]1CC/C(C)=C/CO[P+](O)(O)O[P+](O)(O)O. The van der Waals surface area contributed by atoms with Crippen LogP contribution in [0.4, 0.5) is 0 Å². The number of allylic oxidation sites excluding steroid dienone is 2. The Morgan fingerprint density at radius 1 is 1.21 bits per heavy atom. The molecule has 5 N–H and O–H groups in total. The van der Waals surface area contributed by atoms with Crippen molar-refractivity contribution >= 4 is 16.3 Å². The van der Waals surface area contributed by atoms with Crippen molar-refractivity contribution in [3.63, 3.8) is 0 Å². The van der Waals surface area contributed by atoms with E-state index in [4.69, 9.17) is 19.2 Å². The standard InChI is InChI=1S/C19H36O7P2/c1-14(11-13-25-28(23,24)26-27(20,21)22)7-9-16-15(2)8-10-18-17(16)6-5-12-19(18,3)4/h11,16-18,20-24H,2,5-10,12-13H2,1,3-4H3/q+2/b14-11+/t16-,17?,18+/m1/s1. The van der Waals surface area contributed by atoms with Crippen molar-refractivity contribution in [3.05, 3.63) is 23.8 Å². The van der Waals surface area contributed by atoms with Crippen LogP contribution in [0, 0.1) is 23.2 Å². The van der Waals surface area contributed by atoms with Crippen LogP contribution in [-0.4, -0.2) is 31.1 Å². The molecule has 7 nitrogen and oxygen atoms in total. The normalized spacial score (nSPS) is 28.9. The second-order valence-electron chi connectivity index (χ2n) is 8.92. The van der Waals surface area contributed by atoms with Gasteiger partial charge < -0.3 is 0 Å². The van der Waals surface area contributed by atoms with Crippen molar-refractivity contribution in [3.8, 4) is 0 Å². The Morgan fingerprint density at radius 3 is 2.54 bits per heavy atom. The zero-order valence-electron chi connectivity index (χ0n) is 17.1. The van der Waals surface area contributed by atoms with Gasteiger partial charge >= 0.3 is 16.3 Å². The summed E-state index contributed by atoms with van der Waals surface area (Å²) in [5.41, 5.74) is 2.81. The Bertz CT molecular complexity index is 583. The average molecular weight is 438 g/mol. The van der Waals surface area contributed by atoms with E-state index in [-0.39, 0.29) is 6.61 Å². The number of hydrogen-bond acceptors (Lipinski definition) is 7. The van der Waals surface area contributed by atoms with E-state index in [0.29, 0.717) is 17.3 Å². The van der Waals surface area contributed by atoms with E-state index in [1.165, 1.54) is 31.3 Å².